The average Bonchev–Trinajstić information content (AvgIpc) is 2.17. The lowest BCUT2D eigenvalue weighted by Gasteiger charge is -2.31. The van der Waals surface area contributed by atoms with Crippen LogP contribution in [0.5, 0.6) is 0 Å². The Bertz CT molecular complexity index is 190. The van der Waals surface area contributed by atoms with E-state index in [0.29, 0.717) is 25.4 Å². The Morgan fingerprint density at radius 1 is 1.08 bits per heavy atom. The summed E-state index contributed by atoms with van der Waals surface area (Å²) in [5.41, 5.74) is -1.00. The van der Waals surface area contributed by atoms with Crippen LogP contribution in [0, 0.1) is 11.3 Å². The molecule has 3 nitrogen and oxygen atoms in total. The fraction of sp³-hybridized carbons (Fsp3) is 0.667. The highest BCUT2D eigenvalue weighted by molar-refractivity contribution is 5.88. The van der Waals surface area contributed by atoms with Crippen LogP contribution < -0.4 is 0 Å². The number of hydrogen-bond acceptors (Lipinski definition) is 3. The maximum absolute atomic E-state index is 10.7. The number of rotatable bonds is 3. The van der Waals surface area contributed by atoms with Gasteiger partial charge in [0.05, 0.1) is 5.41 Å². The standard InChI is InChI=1S/C9H12O3/c10-5-8-3-1-2-4-9(8,6-11)7-12/h5-8H,1-4H2. The van der Waals surface area contributed by atoms with Crippen LogP contribution in [0.1, 0.15) is 25.7 Å². The molecular weight excluding hydrogens is 156 g/mol. The summed E-state index contributed by atoms with van der Waals surface area (Å²) in [6.45, 7) is 0. The van der Waals surface area contributed by atoms with E-state index in [9.17, 15) is 14.4 Å². The molecule has 1 fully saturated rings. The zero-order chi connectivity index (χ0) is 9.03. The molecule has 1 aliphatic rings. The monoisotopic (exact) mass is 168 g/mol. The molecule has 3 heteroatoms. The molecular formula is C9H12O3. The van der Waals surface area contributed by atoms with Crippen molar-refractivity contribution in [3.8, 4) is 0 Å². The number of hydrogen-bond donors (Lipinski definition) is 0. The highest BCUT2D eigenvalue weighted by atomic mass is 16.1. The van der Waals surface area contributed by atoms with E-state index in [4.69, 9.17) is 0 Å². The third-order valence-corrected chi connectivity index (χ3v) is 2.67. The molecule has 1 saturated carbocycles. The summed E-state index contributed by atoms with van der Waals surface area (Å²) >= 11 is 0. The normalized spacial score (nSPS) is 27.5. The Balaban J connectivity index is 2.86. The number of carbonyl (C=O) groups excluding carboxylic acids is 3. The Hall–Kier alpha value is -0.990. The Morgan fingerprint density at radius 3 is 2.17 bits per heavy atom. The maximum Gasteiger partial charge on any atom is 0.133 e. The lowest BCUT2D eigenvalue weighted by Crippen LogP contribution is -2.37. The van der Waals surface area contributed by atoms with E-state index in [0.717, 1.165) is 19.1 Å². The van der Waals surface area contributed by atoms with Gasteiger partial charge in [0.1, 0.15) is 18.9 Å². The Kier molecular flexibility index (Phi) is 2.74. The van der Waals surface area contributed by atoms with Crippen molar-refractivity contribution in [2.75, 3.05) is 0 Å². The minimum atomic E-state index is -1.00. The molecule has 1 rings (SSSR count). The van der Waals surface area contributed by atoms with Crippen molar-refractivity contribution in [1.82, 2.24) is 0 Å². The zero-order valence-electron chi connectivity index (χ0n) is 6.86. The molecule has 0 N–H and O–H groups in total. The van der Waals surface area contributed by atoms with Gasteiger partial charge in [-0.2, -0.15) is 0 Å². The molecule has 0 radical (unpaired) electrons. The lowest BCUT2D eigenvalue weighted by atomic mass is 9.69. The lowest BCUT2D eigenvalue weighted by molar-refractivity contribution is -0.136. The molecule has 0 aromatic heterocycles. The maximum atomic E-state index is 10.7. The van der Waals surface area contributed by atoms with Gasteiger partial charge in [-0.1, -0.05) is 12.8 Å². The van der Waals surface area contributed by atoms with Gasteiger partial charge in [-0.05, 0) is 12.8 Å². The molecule has 0 saturated heterocycles. The fourth-order valence-electron chi connectivity index (χ4n) is 1.76. The Labute approximate surface area is 71.1 Å². The summed E-state index contributed by atoms with van der Waals surface area (Å²) in [5, 5.41) is 0. The highest BCUT2D eigenvalue weighted by Gasteiger charge is 2.40. The van der Waals surface area contributed by atoms with Crippen molar-refractivity contribution in [2.24, 2.45) is 11.3 Å². The predicted molar refractivity (Wildman–Crippen MR) is 42.6 cm³/mol. The van der Waals surface area contributed by atoms with Crippen LogP contribution in [0.4, 0.5) is 0 Å². The van der Waals surface area contributed by atoms with Gasteiger partial charge in [-0.15, -0.1) is 0 Å². The smallest absolute Gasteiger partial charge is 0.133 e. The molecule has 1 unspecified atom stereocenters. The van der Waals surface area contributed by atoms with E-state index in [1.807, 2.05) is 0 Å². The van der Waals surface area contributed by atoms with Crippen LogP contribution in [0.15, 0.2) is 0 Å². The molecule has 1 aliphatic carbocycles. The molecule has 0 aliphatic heterocycles. The van der Waals surface area contributed by atoms with Crippen molar-refractivity contribution < 1.29 is 14.4 Å². The summed E-state index contributed by atoms with van der Waals surface area (Å²) in [5.74, 6) is -0.388. The van der Waals surface area contributed by atoms with Crippen LogP contribution in [0.25, 0.3) is 0 Å². The summed E-state index contributed by atoms with van der Waals surface area (Å²) < 4.78 is 0. The first-order valence-electron chi connectivity index (χ1n) is 4.17. The van der Waals surface area contributed by atoms with Crippen LogP contribution in [0.3, 0.4) is 0 Å². The van der Waals surface area contributed by atoms with Crippen LogP contribution in [-0.4, -0.2) is 18.9 Å². The van der Waals surface area contributed by atoms with Gasteiger partial charge >= 0.3 is 0 Å². The van der Waals surface area contributed by atoms with E-state index in [1.54, 1.807) is 0 Å². The van der Waals surface area contributed by atoms with Gasteiger partial charge in [0.25, 0.3) is 0 Å². The topological polar surface area (TPSA) is 51.2 Å². The molecule has 0 bridgehead atoms. The number of carbonyl (C=O) groups is 3. The molecule has 0 aromatic carbocycles. The van der Waals surface area contributed by atoms with Crippen molar-refractivity contribution in [3.63, 3.8) is 0 Å². The number of aldehydes is 3. The van der Waals surface area contributed by atoms with Crippen LogP contribution in [0.2, 0.25) is 0 Å². The summed E-state index contributed by atoms with van der Waals surface area (Å²) in [4.78, 5) is 32.0. The minimum absolute atomic E-state index is 0.388. The molecule has 1 atom stereocenters. The van der Waals surface area contributed by atoms with Gasteiger partial charge in [-0.3, -0.25) is 0 Å². The second-order valence-corrected chi connectivity index (χ2v) is 3.34. The van der Waals surface area contributed by atoms with Gasteiger partial charge < -0.3 is 14.4 Å². The summed E-state index contributed by atoms with van der Waals surface area (Å²) in [6.07, 6.45) is 5.01. The quantitative estimate of drug-likeness (QED) is 0.461. The van der Waals surface area contributed by atoms with E-state index >= 15 is 0 Å². The fourth-order valence-corrected chi connectivity index (χ4v) is 1.76. The van der Waals surface area contributed by atoms with Crippen molar-refractivity contribution in [2.45, 2.75) is 25.7 Å². The van der Waals surface area contributed by atoms with Gasteiger partial charge in [0, 0.05) is 5.92 Å². The molecule has 0 aromatic rings. The van der Waals surface area contributed by atoms with Crippen molar-refractivity contribution in [1.29, 1.82) is 0 Å². The first-order valence-corrected chi connectivity index (χ1v) is 4.17. The van der Waals surface area contributed by atoms with E-state index in [2.05, 4.69) is 0 Å². The van der Waals surface area contributed by atoms with Crippen molar-refractivity contribution >= 4 is 18.9 Å². The molecule has 12 heavy (non-hydrogen) atoms. The third-order valence-electron chi connectivity index (χ3n) is 2.67. The Morgan fingerprint density at radius 2 is 1.75 bits per heavy atom. The second kappa shape index (κ2) is 3.61. The second-order valence-electron chi connectivity index (χ2n) is 3.34. The third kappa shape index (κ3) is 1.31. The summed E-state index contributed by atoms with van der Waals surface area (Å²) in [7, 11) is 0. The first kappa shape index (κ1) is 9.10. The van der Waals surface area contributed by atoms with E-state index < -0.39 is 5.41 Å². The average molecular weight is 168 g/mol. The summed E-state index contributed by atoms with van der Waals surface area (Å²) in [6, 6.07) is 0. The van der Waals surface area contributed by atoms with Gasteiger partial charge in [0.15, 0.2) is 0 Å². The molecule has 0 heterocycles. The largest absolute Gasteiger partial charge is 0.303 e. The van der Waals surface area contributed by atoms with Crippen LogP contribution >= 0.6 is 0 Å². The molecule has 66 valence electrons. The van der Waals surface area contributed by atoms with Crippen molar-refractivity contribution in [3.05, 3.63) is 0 Å². The minimum Gasteiger partial charge on any atom is -0.303 e. The zero-order valence-corrected chi connectivity index (χ0v) is 6.86. The molecule has 0 amide bonds. The predicted octanol–water partition coefficient (Wildman–Crippen LogP) is 0.760. The van der Waals surface area contributed by atoms with E-state index in [1.165, 1.54) is 0 Å². The van der Waals surface area contributed by atoms with E-state index in [-0.39, 0.29) is 5.92 Å². The first-order chi connectivity index (χ1) is 5.79. The van der Waals surface area contributed by atoms with Gasteiger partial charge in [0.2, 0.25) is 0 Å². The SMILES string of the molecule is O=CC1CCCCC1(C=O)C=O. The molecule has 0 spiro atoms. The van der Waals surface area contributed by atoms with Crippen LogP contribution in [-0.2, 0) is 14.4 Å². The highest BCUT2D eigenvalue weighted by Crippen LogP contribution is 2.36. The van der Waals surface area contributed by atoms with Gasteiger partial charge in [-0.25, -0.2) is 0 Å².